The van der Waals surface area contributed by atoms with Crippen molar-refractivity contribution in [3.63, 3.8) is 0 Å². The fourth-order valence-electron chi connectivity index (χ4n) is 3.70. The molecule has 0 spiro atoms. The van der Waals surface area contributed by atoms with Crippen molar-refractivity contribution in [1.29, 1.82) is 0 Å². The highest BCUT2D eigenvalue weighted by Crippen LogP contribution is 2.38. The zero-order chi connectivity index (χ0) is 22.0. The summed E-state index contributed by atoms with van der Waals surface area (Å²) in [5.41, 5.74) is 7.51. The largest absolute Gasteiger partial charge is 0.497 e. The summed E-state index contributed by atoms with van der Waals surface area (Å²) in [5, 5.41) is 12.0. The molecule has 162 valence electrons. The number of methoxy groups -OCH3 is 1. The number of nitrogens with one attached hydrogen (secondary N) is 2. The van der Waals surface area contributed by atoms with Gasteiger partial charge in [-0.1, -0.05) is 48.5 Å². The van der Waals surface area contributed by atoms with Gasteiger partial charge in [0.2, 0.25) is 11.1 Å². The Bertz CT molecular complexity index is 1080. The number of carbonyl (C=O) groups excluding carboxylic acids is 1. The van der Waals surface area contributed by atoms with E-state index in [1.54, 1.807) is 7.11 Å². The predicted molar refractivity (Wildman–Crippen MR) is 123 cm³/mol. The number of hydrogen-bond acceptors (Lipinski definition) is 6. The van der Waals surface area contributed by atoms with Crippen LogP contribution in [0.1, 0.15) is 41.9 Å². The zero-order valence-electron chi connectivity index (χ0n) is 18.2. The first-order chi connectivity index (χ1) is 15.0. The Labute approximate surface area is 186 Å². The minimum Gasteiger partial charge on any atom is -0.497 e. The van der Waals surface area contributed by atoms with Crippen molar-refractivity contribution in [2.45, 2.75) is 50.1 Å². The third kappa shape index (κ3) is 4.39. The smallest absolute Gasteiger partial charge is 0.240 e. The lowest BCUT2D eigenvalue weighted by atomic mass is 10.0. The van der Waals surface area contributed by atoms with E-state index < -0.39 is 5.25 Å². The number of aromatic nitrogens is 3. The predicted octanol–water partition coefficient (Wildman–Crippen LogP) is 4.25. The fraction of sp³-hybridized carbons (Fsp3) is 0.348. The van der Waals surface area contributed by atoms with Gasteiger partial charge in [0.1, 0.15) is 11.0 Å². The molecule has 1 aliphatic heterocycles. The number of hydrogen-bond donors (Lipinski definition) is 2. The lowest BCUT2D eigenvalue weighted by Crippen LogP contribution is -2.41. The van der Waals surface area contributed by atoms with Crippen molar-refractivity contribution in [3.05, 3.63) is 65.0 Å². The molecule has 0 saturated heterocycles. The van der Waals surface area contributed by atoms with Crippen molar-refractivity contribution < 1.29 is 9.53 Å². The Hall–Kier alpha value is -3.00. The number of ether oxygens (including phenoxy) is 1. The normalized spacial score (nSPS) is 17.5. The third-order valence-corrected chi connectivity index (χ3v) is 6.57. The molecular weight excluding hydrogens is 410 g/mol. The molecule has 1 amide bonds. The number of carbonyl (C=O) groups is 1. The minimum atomic E-state index is -0.416. The van der Waals surface area contributed by atoms with Crippen molar-refractivity contribution in [2.24, 2.45) is 0 Å². The highest BCUT2D eigenvalue weighted by Gasteiger charge is 2.37. The molecule has 0 bridgehead atoms. The minimum absolute atomic E-state index is 0.0726. The SMILES string of the molecule is CCCc1nnc2n1N[C@H](c1ccc(OC)cc1)[C@@H](C(=O)Nc1ccc(C)cc1C)S2. The second kappa shape index (κ2) is 9.01. The van der Waals surface area contributed by atoms with Gasteiger partial charge in [0.05, 0.1) is 13.2 Å². The summed E-state index contributed by atoms with van der Waals surface area (Å²) in [5.74, 6) is 1.58. The fourth-order valence-corrected chi connectivity index (χ4v) is 4.80. The summed E-state index contributed by atoms with van der Waals surface area (Å²) in [6.07, 6.45) is 1.78. The first-order valence-electron chi connectivity index (χ1n) is 10.4. The van der Waals surface area contributed by atoms with E-state index in [1.807, 2.05) is 54.9 Å². The molecule has 2 N–H and O–H groups in total. The maximum Gasteiger partial charge on any atom is 0.240 e. The average Bonchev–Trinajstić information content (AvgIpc) is 3.17. The van der Waals surface area contributed by atoms with E-state index in [4.69, 9.17) is 4.74 Å². The molecule has 4 rings (SSSR count). The van der Waals surface area contributed by atoms with E-state index in [9.17, 15) is 4.79 Å². The second-order valence-corrected chi connectivity index (χ2v) is 8.82. The van der Waals surface area contributed by atoms with E-state index in [0.29, 0.717) is 5.16 Å². The molecule has 0 radical (unpaired) electrons. The third-order valence-electron chi connectivity index (χ3n) is 5.35. The Morgan fingerprint density at radius 2 is 1.97 bits per heavy atom. The van der Waals surface area contributed by atoms with Crippen molar-refractivity contribution >= 4 is 23.4 Å². The molecule has 8 heteroatoms. The molecule has 3 aromatic rings. The van der Waals surface area contributed by atoms with Gasteiger partial charge < -0.3 is 15.5 Å². The van der Waals surface area contributed by atoms with Gasteiger partial charge in [-0.15, -0.1) is 10.2 Å². The van der Waals surface area contributed by atoms with Crippen LogP contribution < -0.4 is 15.5 Å². The molecule has 2 aromatic carbocycles. The van der Waals surface area contributed by atoms with Crippen LogP contribution in [0.4, 0.5) is 5.69 Å². The number of aryl methyl sites for hydroxylation is 3. The number of thioether (sulfide) groups is 1. The van der Waals surface area contributed by atoms with Gasteiger partial charge in [-0.25, -0.2) is 4.68 Å². The topological polar surface area (TPSA) is 81.1 Å². The molecule has 1 aliphatic rings. The van der Waals surface area contributed by atoms with Crippen LogP contribution >= 0.6 is 11.8 Å². The number of amides is 1. The van der Waals surface area contributed by atoms with Gasteiger partial charge in [0, 0.05) is 12.1 Å². The molecule has 0 saturated carbocycles. The lowest BCUT2D eigenvalue weighted by Gasteiger charge is -2.33. The van der Waals surface area contributed by atoms with Crippen molar-refractivity contribution in [2.75, 3.05) is 17.9 Å². The summed E-state index contributed by atoms with van der Waals surface area (Å²) < 4.78 is 7.22. The van der Waals surface area contributed by atoms with Gasteiger partial charge in [0.25, 0.3) is 0 Å². The van der Waals surface area contributed by atoms with Crippen LogP contribution in [0, 0.1) is 13.8 Å². The highest BCUT2D eigenvalue weighted by molar-refractivity contribution is 8.00. The van der Waals surface area contributed by atoms with Crippen LogP contribution in [0.5, 0.6) is 5.75 Å². The van der Waals surface area contributed by atoms with Crippen LogP contribution in [-0.2, 0) is 11.2 Å². The maximum absolute atomic E-state index is 13.4. The van der Waals surface area contributed by atoms with E-state index >= 15 is 0 Å². The lowest BCUT2D eigenvalue weighted by molar-refractivity contribution is -0.116. The highest BCUT2D eigenvalue weighted by atomic mass is 32.2. The number of nitrogens with zero attached hydrogens (tertiary/aromatic N) is 3. The summed E-state index contributed by atoms with van der Waals surface area (Å²) in [7, 11) is 1.64. The first-order valence-corrected chi connectivity index (χ1v) is 11.3. The van der Waals surface area contributed by atoms with Gasteiger partial charge >= 0.3 is 0 Å². The molecule has 31 heavy (non-hydrogen) atoms. The summed E-state index contributed by atoms with van der Waals surface area (Å²) in [6, 6.07) is 13.6. The van der Waals surface area contributed by atoms with Gasteiger partial charge in [0.15, 0.2) is 5.82 Å². The monoisotopic (exact) mass is 437 g/mol. The second-order valence-electron chi connectivity index (χ2n) is 7.71. The molecule has 2 heterocycles. The molecule has 0 unspecified atom stereocenters. The van der Waals surface area contributed by atoms with Crippen LogP contribution in [-0.4, -0.2) is 33.1 Å². The maximum atomic E-state index is 13.4. The van der Waals surface area contributed by atoms with Crippen LogP contribution in [0.15, 0.2) is 47.6 Å². The Morgan fingerprint density at radius 1 is 1.19 bits per heavy atom. The van der Waals surface area contributed by atoms with E-state index in [2.05, 4.69) is 33.9 Å². The average molecular weight is 438 g/mol. The molecule has 2 atom stereocenters. The van der Waals surface area contributed by atoms with E-state index in [-0.39, 0.29) is 11.9 Å². The number of anilines is 1. The zero-order valence-corrected chi connectivity index (χ0v) is 19.0. The van der Waals surface area contributed by atoms with Crippen LogP contribution in [0.25, 0.3) is 0 Å². The number of rotatable bonds is 6. The van der Waals surface area contributed by atoms with Crippen LogP contribution in [0.2, 0.25) is 0 Å². The van der Waals surface area contributed by atoms with Gasteiger partial charge in [-0.2, -0.15) is 0 Å². The molecule has 0 fully saturated rings. The summed E-state index contributed by atoms with van der Waals surface area (Å²) in [4.78, 5) is 13.4. The number of benzene rings is 2. The van der Waals surface area contributed by atoms with Gasteiger partial charge in [-0.05, 0) is 49.6 Å². The quantitative estimate of drug-likeness (QED) is 0.600. The Kier molecular flexibility index (Phi) is 6.18. The molecule has 0 aliphatic carbocycles. The molecule has 1 aromatic heterocycles. The Morgan fingerprint density at radius 3 is 2.65 bits per heavy atom. The molecular formula is C23H27N5O2S. The van der Waals surface area contributed by atoms with E-state index in [1.165, 1.54) is 11.8 Å². The van der Waals surface area contributed by atoms with Gasteiger partial charge in [-0.3, -0.25) is 4.79 Å². The van der Waals surface area contributed by atoms with Crippen molar-refractivity contribution in [3.8, 4) is 5.75 Å². The first kappa shape index (κ1) is 21.2. The van der Waals surface area contributed by atoms with E-state index in [0.717, 1.165) is 46.8 Å². The van der Waals surface area contributed by atoms with Crippen molar-refractivity contribution in [1.82, 2.24) is 14.9 Å². The van der Waals surface area contributed by atoms with Crippen LogP contribution in [0.3, 0.4) is 0 Å². The summed E-state index contributed by atoms with van der Waals surface area (Å²) in [6.45, 7) is 6.15. The standard InChI is InChI=1S/C23H27N5O2S/c1-5-6-19-25-26-23-28(19)27-20(16-8-10-17(30-4)11-9-16)21(31-23)22(29)24-18-12-7-14(2)13-15(18)3/h7-13,20-21,27H,5-6H2,1-4H3,(H,24,29)/t20-,21+/m1/s1. The molecule has 7 nitrogen and oxygen atoms in total. The Balaban J connectivity index is 1.67. The summed E-state index contributed by atoms with van der Waals surface area (Å²) >= 11 is 1.44. The number of fused-ring (bicyclic) bond motifs is 1.